The maximum atomic E-state index is 12.4. The van der Waals surface area contributed by atoms with E-state index in [1.165, 1.54) is 10.4 Å². The van der Waals surface area contributed by atoms with E-state index in [1.807, 2.05) is 35.2 Å². The van der Waals surface area contributed by atoms with E-state index in [1.54, 1.807) is 11.3 Å². The van der Waals surface area contributed by atoms with Crippen LogP contribution >= 0.6 is 22.9 Å². The highest BCUT2D eigenvalue weighted by molar-refractivity contribution is 7.10. The second kappa shape index (κ2) is 5.35. The molecule has 1 aromatic heterocycles. The lowest BCUT2D eigenvalue weighted by atomic mass is 10.1. The summed E-state index contributed by atoms with van der Waals surface area (Å²) < 4.78 is 0. The smallest absolute Gasteiger partial charge is 0.245 e. The number of halogens is 1. The Bertz CT molecular complexity index is 581. The summed E-state index contributed by atoms with van der Waals surface area (Å²) in [6, 6.07) is 11.6. The van der Waals surface area contributed by atoms with Crippen molar-refractivity contribution in [2.45, 2.75) is 18.3 Å². The Labute approximate surface area is 121 Å². The molecule has 0 aliphatic carbocycles. The Morgan fingerprint density at radius 3 is 2.84 bits per heavy atom. The van der Waals surface area contributed by atoms with Crippen molar-refractivity contribution in [1.29, 1.82) is 0 Å². The predicted molar refractivity (Wildman–Crippen MR) is 78.5 cm³/mol. The van der Waals surface area contributed by atoms with Crippen LogP contribution in [0.4, 0.5) is 0 Å². The highest BCUT2D eigenvalue weighted by Gasteiger charge is 2.27. The summed E-state index contributed by atoms with van der Waals surface area (Å²) >= 11 is 8.08. The van der Waals surface area contributed by atoms with Gasteiger partial charge in [-0.1, -0.05) is 30.3 Å². The standard InChI is InChI=1S/C15H14ClNOS/c16-14(11-4-2-1-3-5-11)15(18)17-8-6-13-12(10-17)7-9-19-13/h1-5,7,9,14H,6,8,10H2. The molecule has 2 nitrogen and oxygen atoms in total. The van der Waals surface area contributed by atoms with E-state index in [0.29, 0.717) is 6.54 Å². The molecule has 0 radical (unpaired) electrons. The highest BCUT2D eigenvalue weighted by Crippen LogP contribution is 2.28. The van der Waals surface area contributed by atoms with E-state index in [0.717, 1.165) is 18.5 Å². The summed E-state index contributed by atoms with van der Waals surface area (Å²) in [5.41, 5.74) is 2.13. The zero-order valence-corrected chi connectivity index (χ0v) is 12.0. The summed E-state index contributed by atoms with van der Waals surface area (Å²) in [5.74, 6) is 0.00437. The van der Waals surface area contributed by atoms with E-state index < -0.39 is 5.38 Å². The van der Waals surface area contributed by atoms with Gasteiger partial charge in [0, 0.05) is 18.0 Å². The maximum Gasteiger partial charge on any atom is 0.245 e. The van der Waals surface area contributed by atoms with Crippen molar-refractivity contribution in [2.24, 2.45) is 0 Å². The van der Waals surface area contributed by atoms with Gasteiger partial charge in [-0.2, -0.15) is 0 Å². The average molecular weight is 292 g/mol. The SMILES string of the molecule is O=C(C(Cl)c1ccccc1)N1CCc2sccc2C1. The topological polar surface area (TPSA) is 20.3 Å². The Balaban J connectivity index is 1.75. The lowest BCUT2D eigenvalue weighted by Gasteiger charge is -2.28. The van der Waals surface area contributed by atoms with E-state index in [-0.39, 0.29) is 5.91 Å². The lowest BCUT2D eigenvalue weighted by molar-refractivity contribution is -0.131. The number of rotatable bonds is 2. The first-order valence-electron chi connectivity index (χ1n) is 6.29. The molecule has 0 saturated carbocycles. The van der Waals surface area contributed by atoms with Crippen LogP contribution in [0.2, 0.25) is 0 Å². The highest BCUT2D eigenvalue weighted by atomic mass is 35.5. The number of carbonyl (C=O) groups is 1. The second-order valence-electron chi connectivity index (χ2n) is 4.65. The maximum absolute atomic E-state index is 12.4. The molecule has 0 bridgehead atoms. The molecule has 98 valence electrons. The van der Waals surface area contributed by atoms with Crippen LogP contribution in [0.25, 0.3) is 0 Å². The van der Waals surface area contributed by atoms with Crippen molar-refractivity contribution in [2.75, 3.05) is 6.54 Å². The first-order valence-corrected chi connectivity index (χ1v) is 7.60. The number of nitrogens with zero attached hydrogens (tertiary/aromatic N) is 1. The van der Waals surface area contributed by atoms with E-state index >= 15 is 0 Å². The number of hydrogen-bond acceptors (Lipinski definition) is 2. The van der Waals surface area contributed by atoms with Gasteiger partial charge in [-0.15, -0.1) is 22.9 Å². The molecular weight excluding hydrogens is 278 g/mol. The monoisotopic (exact) mass is 291 g/mol. The number of benzene rings is 1. The molecule has 0 fully saturated rings. The molecule has 1 atom stereocenters. The van der Waals surface area contributed by atoms with Crippen LogP contribution in [0.3, 0.4) is 0 Å². The molecule has 1 aliphatic rings. The Hall–Kier alpha value is -1.32. The summed E-state index contributed by atoms with van der Waals surface area (Å²) in [7, 11) is 0. The third kappa shape index (κ3) is 2.53. The van der Waals surface area contributed by atoms with Crippen molar-refractivity contribution < 1.29 is 4.79 Å². The van der Waals surface area contributed by atoms with Crippen molar-refractivity contribution in [3.63, 3.8) is 0 Å². The Kier molecular flexibility index (Phi) is 3.58. The summed E-state index contributed by atoms with van der Waals surface area (Å²) in [6.45, 7) is 1.45. The molecule has 2 aromatic rings. The van der Waals surface area contributed by atoms with Crippen LogP contribution in [0.1, 0.15) is 21.4 Å². The minimum Gasteiger partial charge on any atom is -0.336 e. The molecule has 1 amide bonds. The number of fused-ring (bicyclic) bond motifs is 1. The van der Waals surface area contributed by atoms with Crippen molar-refractivity contribution in [3.8, 4) is 0 Å². The molecule has 1 aliphatic heterocycles. The average Bonchev–Trinajstić information content (AvgIpc) is 2.94. The van der Waals surface area contributed by atoms with Gasteiger partial charge >= 0.3 is 0 Å². The Morgan fingerprint density at radius 2 is 2.05 bits per heavy atom. The normalized spacial score (nSPS) is 15.9. The molecular formula is C15H14ClNOS. The Morgan fingerprint density at radius 1 is 1.26 bits per heavy atom. The van der Waals surface area contributed by atoms with Crippen molar-refractivity contribution >= 4 is 28.8 Å². The van der Waals surface area contributed by atoms with Gasteiger partial charge in [-0.3, -0.25) is 4.79 Å². The van der Waals surface area contributed by atoms with Crippen LogP contribution in [0.5, 0.6) is 0 Å². The van der Waals surface area contributed by atoms with Crippen LogP contribution in [-0.2, 0) is 17.8 Å². The van der Waals surface area contributed by atoms with Crippen molar-refractivity contribution in [1.82, 2.24) is 4.90 Å². The molecule has 19 heavy (non-hydrogen) atoms. The van der Waals surface area contributed by atoms with Gasteiger partial charge in [-0.25, -0.2) is 0 Å². The first kappa shape index (κ1) is 12.7. The number of carbonyl (C=O) groups excluding carboxylic acids is 1. The van der Waals surface area contributed by atoms with Gasteiger partial charge < -0.3 is 4.90 Å². The van der Waals surface area contributed by atoms with Crippen LogP contribution < -0.4 is 0 Å². The minimum absolute atomic E-state index is 0.00437. The lowest BCUT2D eigenvalue weighted by Crippen LogP contribution is -2.37. The zero-order valence-electron chi connectivity index (χ0n) is 10.4. The molecule has 0 N–H and O–H groups in total. The largest absolute Gasteiger partial charge is 0.336 e. The van der Waals surface area contributed by atoms with E-state index in [9.17, 15) is 4.79 Å². The number of hydrogen-bond donors (Lipinski definition) is 0. The molecule has 4 heteroatoms. The third-order valence-corrected chi connectivity index (χ3v) is 4.89. The molecule has 0 spiro atoms. The van der Waals surface area contributed by atoms with Gasteiger partial charge in [0.1, 0.15) is 5.38 Å². The van der Waals surface area contributed by atoms with Crippen molar-refractivity contribution in [3.05, 3.63) is 57.8 Å². The van der Waals surface area contributed by atoms with E-state index in [4.69, 9.17) is 11.6 Å². The van der Waals surface area contributed by atoms with Gasteiger partial charge in [0.2, 0.25) is 5.91 Å². The summed E-state index contributed by atoms with van der Waals surface area (Å²) in [6.07, 6.45) is 0.942. The predicted octanol–water partition coefficient (Wildman–Crippen LogP) is 3.61. The number of thiophene rings is 1. The van der Waals surface area contributed by atoms with Crippen LogP contribution in [0.15, 0.2) is 41.8 Å². The molecule has 2 heterocycles. The molecule has 1 unspecified atom stereocenters. The molecule has 1 aromatic carbocycles. The van der Waals surface area contributed by atoms with Gasteiger partial charge in [-0.05, 0) is 29.0 Å². The minimum atomic E-state index is -0.582. The quantitative estimate of drug-likeness (QED) is 0.774. The fourth-order valence-corrected chi connectivity index (χ4v) is 3.53. The first-order chi connectivity index (χ1) is 9.25. The van der Waals surface area contributed by atoms with Crippen LogP contribution in [-0.4, -0.2) is 17.4 Å². The molecule has 3 rings (SSSR count). The van der Waals surface area contributed by atoms with E-state index in [2.05, 4.69) is 11.4 Å². The van der Waals surface area contributed by atoms with Gasteiger partial charge in [0.05, 0.1) is 0 Å². The fourth-order valence-electron chi connectivity index (χ4n) is 2.36. The molecule has 0 saturated heterocycles. The van der Waals surface area contributed by atoms with Crippen LogP contribution in [0, 0.1) is 0 Å². The van der Waals surface area contributed by atoms with Gasteiger partial charge in [0.15, 0.2) is 0 Å². The summed E-state index contributed by atoms with van der Waals surface area (Å²) in [4.78, 5) is 15.7. The van der Waals surface area contributed by atoms with Gasteiger partial charge in [0.25, 0.3) is 0 Å². The summed E-state index contributed by atoms with van der Waals surface area (Å²) in [5, 5.41) is 1.51. The number of alkyl halides is 1. The number of amides is 1. The fraction of sp³-hybridized carbons (Fsp3) is 0.267. The third-order valence-electron chi connectivity index (χ3n) is 3.43. The zero-order chi connectivity index (χ0) is 13.2. The second-order valence-corrected chi connectivity index (χ2v) is 6.09.